The second-order valence-electron chi connectivity index (χ2n) is 7.09. The molecular weight excluding hydrogens is 394 g/mol. The number of hydrogen-bond donors (Lipinski definition) is 2. The van der Waals surface area contributed by atoms with Crippen molar-refractivity contribution in [3.05, 3.63) is 57.2 Å². The smallest absolute Gasteiger partial charge is 0.339 e. The van der Waals surface area contributed by atoms with Gasteiger partial charge in [-0.05, 0) is 37.3 Å². The molecule has 29 heavy (non-hydrogen) atoms. The zero-order chi connectivity index (χ0) is 21.0. The van der Waals surface area contributed by atoms with Crippen molar-refractivity contribution in [2.24, 2.45) is 0 Å². The lowest BCUT2D eigenvalue weighted by atomic mass is 9.86. The summed E-state index contributed by atoms with van der Waals surface area (Å²) in [7, 11) is 0. The molecule has 0 bridgehead atoms. The predicted octanol–water partition coefficient (Wildman–Crippen LogP) is 3.58. The van der Waals surface area contributed by atoms with Crippen LogP contribution in [0.5, 0.6) is 5.75 Å². The summed E-state index contributed by atoms with van der Waals surface area (Å²) in [6, 6.07) is 1.29. The first-order chi connectivity index (χ1) is 13.7. The van der Waals surface area contributed by atoms with Gasteiger partial charge in [-0.3, -0.25) is 4.79 Å². The number of benzene rings is 2. The SMILES string of the molecule is O=C(O)c1c(F)c(F)c(F)c(F)c1C(=O)c1cc2c3c(c1O)CCCN3CCC2. The number of phenols is 1. The first-order valence-electron chi connectivity index (χ1n) is 9.00. The number of halogens is 4. The molecule has 0 spiro atoms. The molecule has 0 amide bonds. The van der Waals surface area contributed by atoms with Crippen molar-refractivity contribution in [3.8, 4) is 5.75 Å². The van der Waals surface area contributed by atoms with Gasteiger partial charge in [0.1, 0.15) is 11.3 Å². The number of hydrogen-bond acceptors (Lipinski definition) is 4. The molecule has 2 aromatic rings. The van der Waals surface area contributed by atoms with E-state index in [9.17, 15) is 37.4 Å². The Kier molecular flexibility index (Phi) is 4.48. The normalized spacial score (nSPS) is 15.2. The van der Waals surface area contributed by atoms with E-state index in [2.05, 4.69) is 4.90 Å². The molecular formula is C20H15F4NO4. The summed E-state index contributed by atoms with van der Waals surface area (Å²) in [4.78, 5) is 26.4. The number of carbonyl (C=O) groups excluding carboxylic acids is 1. The van der Waals surface area contributed by atoms with E-state index < -0.39 is 57.5 Å². The van der Waals surface area contributed by atoms with E-state index >= 15 is 0 Å². The second-order valence-corrected chi connectivity index (χ2v) is 7.09. The second kappa shape index (κ2) is 6.75. The van der Waals surface area contributed by atoms with Crippen LogP contribution in [0, 0.1) is 23.3 Å². The highest BCUT2D eigenvalue weighted by molar-refractivity contribution is 6.16. The van der Waals surface area contributed by atoms with Crippen molar-refractivity contribution >= 4 is 17.4 Å². The minimum atomic E-state index is -2.32. The molecule has 2 heterocycles. The molecule has 0 aliphatic carbocycles. The highest BCUT2D eigenvalue weighted by Crippen LogP contribution is 2.43. The van der Waals surface area contributed by atoms with Crippen LogP contribution < -0.4 is 4.90 Å². The van der Waals surface area contributed by atoms with Gasteiger partial charge in [0.05, 0.1) is 11.1 Å². The molecule has 2 aliphatic heterocycles. The molecule has 5 nitrogen and oxygen atoms in total. The molecule has 2 N–H and O–H groups in total. The minimum absolute atomic E-state index is 0.437. The number of phenolic OH excluding ortho intramolecular Hbond substituents is 1. The Morgan fingerprint density at radius 1 is 0.897 bits per heavy atom. The summed E-state index contributed by atoms with van der Waals surface area (Å²) in [6.45, 7) is 1.55. The maximum absolute atomic E-state index is 14.4. The summed E-state index contributed by atoms with van der Waals surface area (Å²) < 4.78 is 55.7. The third kappa shape index (κ3) is 2.75. The van der Waals surface area contributed by atoms with Gasteiger partial charge >= 0.3 is 5.97 Å². The van der Waals surface area contributed by atoms with Crippen LogP contribution >= 0.6 is 0 Å². The Balaban J connectivity index is 1.97. The Morgan fingerprint density at radius 3 is 2.10 bits per heavy atom. The van der Waals surface area contributed by atoms with Gasteiger partial charge < -0.3 is 15.1 Å². The number of nitrogens with zero attached hydrogens (tertiary/aromatic N) is 1. The Bertz CT molecular complexity index is 1080. The molecule has 4 rings (SSSR count). The van der Waals surface area contributed by atoms with Crippen molar-refractivity contribution in [3.63, 3.8) is 0 Å². The van der Waals surface area contributed by atoms with Gasteiger partial charge in [-0.25, -0.2) is 22.4 Å². The molecule has 2 aliphatic rings. The van der Waals surface area contributed by atoms with Gasteiger partial charge in [0.25, 0.3) is 0 Å². The van der Waals surface area contributed by atoms with Crippen LogP contribution in [-0.4, -0.2) is 35.1 Å². The highest BCUT2D eigenvalue weighted by Gasteiger charge is 2.36. The Hall–Kier alpha value is -3.10. The lowest BCUT2D eigenvalue weighted by Crippen LogP contribution is -2.34. The molecule has 0 atom stereocenters. The molecule has 9 heteroatoms. The molecule has 0 saturated carbocycles. The summed E-state index contributed by atoms with van der Waals surface area (Å²) in [5.41, 5.74) is -1.59. The van der Waals surface area contributed by atoms with Crippen molar-refractivity contribution in [2.45, 2.75) is 25.7 Å². The Morgan fingerprint density at radius 2 is 1.48 bits per heavy atom. The third-order valence-electron chi connectivity index (χ3n) is 5.45. The van der Waals surface area contributed by atoms with Crippen LogP contribution in [0.1, 0.15) is 50.2 Å². The zero-order valence-corrected chi connectivity index (χ0v) is 15.0. The van der Waals surface area contributed by atoms with E-state index in [1.807, 2.05) is 0 Å². The van der Waals surface area contributed by atoms with Crippen molar-refractivity contribution in [2.75, 3.05) is 18.0 Å². The van der Waals surface area contributed by atoms with E-state index in [0.29, 0.717) is 30.4 Å². The van der Waals surface area contributed by atoms with E-state index in [4.69, 9.17) is 0 Å². The molecule has 0 radical (unpaired) electrons. The van der Waals surface area contributed by atoms with Crippen LogP contribution in [0.4, 0.5) is 23.2 Å². The van der Waals surface area contributed by atoms with Crippen LogP contribution in [0.25, 0.3) is 0 Å². The third-order valence-corrected chi connectivity index (χ3v) is 5.45. The van der Waals surface area contributed by atoms with Crippen LogP contribution in [0.2, 0.25) is 0 Å². The Labute approximate surface area is 162 Å². The number of carboxylic acids is 1. The van der Waals surface area contributed by atoms with Gasteiger partial charge in [0, 0.05) is 24.3 Å². The lowest BCUT2D eigenvalue weighted by Gasteiger charge is -2.37. The van der Waals surface area contributed by atoms with Gasteiger partial charge in [0.2, 0.25) is 5.78 Å². The fourth-order valence-electron chi connectivity index (χ4n) is 4.20. The summed E-state index contributed by atoms with van der Waals surface area (Å²) in [5.74, 6) is -12.9. The molecule has 0 saturated heterocycles. The van der Waals surface area contributed by atoms with Gasteiger partial charge in [-0.1, -0.05) is 0 Å². The van der Waals surface area contributed by atoms with E-state index in [-0.39, 0.29) is 0 Å². The standard InChI is InChI=1S/C20H15F4NO4/c21-13-11(12(20(28)29)14(22)16(24)15(13)23)19(27)10-7-8-3-1-5-25-6-2-4-9(17(8)25)18(10)26/h7,26H,1-6H2,(H,28,29). The van der Waals surface area contributed by atoms with Crippen LogP contribution in [0.15, 0.2) is 6.07 Å². The number of rotatable bonds is 3. The summed E-state index contributed by atoms with van der Waals surface area (Å²) in [5, 5.41) is 19.8. The minimum Gasteiger partial charge on any atom is -0.507 e. The summed E-state index contributed by atoms with van der Waals surface area (Å²) >= 11 is 0. The predicted molar refractivity (Wildman–Crippen MR) is 93.6 cm³/mol. The number of anilines is 1. The zero-order valence-electron chi connectivity index (χ0n) is 15.0. The number of aromatic carboxylic acids is 1. The molecule has 0 unspecified atom stereocenters. The van der Waals surface area contributed by atoms with Gasteiger partial charge in [-0.15, -0.1) is 0 Å². The van der Waals surface area contributed by atoms with E-state index in [1.54, 1.807) is 0 Å². The molecule has 0 fully saturated rings. The fraction of sp³-hybridized carbons (Fsp3) is 0.300. The first-order valence-corrected chi connectivity index (χ1v) is 9.00. The molecule has 2 aromatic carbocycles. The topological polar surface area (TPSA) is 77.8 Å². The van der Waals surface area contributed by atoms with Crippen molar-refractivity contribution in [1.82, 2.24) is 0 Å². The maximum atomic E-state index is 14.4. The first kappa shape index (κ1) is 19.2. The summed E-state index contributed by atoms with van der Waals surface area (Å²) in [6.07, 6.45) is 2.48. The number of ketones is 1. The van der Waals surface area contributed by atoms with Gasteiger partial charge in [0.15, 0.2) is 23.3 Å². The van der Waals surface area contributed by atoms with Crippen molar-refractivity contribution in [1.29, 1.82) is 0 Å². The molecule has 152 valence electrons. The number of carboxylic acid groups (broad SMARTS) is 1. The maximum Gasteiger partial charge on any atom is 0.339 e. The van der Waals surface area contributed by atoms with E-state index in [1.165, 1.54) is 6.07 Å². The largest absolute Gasteiger partial charge is 0.507 e. The lowest BCUT2D eigenvalue weighted by molar-refractivity contribution is 0.0684. The number of aromatic hydroxyl groups is 1. The van der Waals surface area contributed by atoms with Crippen molar-refractivity contribution < 1.29 is 37.4 Å². The number of carbonyl (C=O) groups is 2. The van der Waals surface area contributed by atoms with Gasteiger partial charge in [-0.2, -0.15) is 0 Å². The number of aryl methyl sites for hydroxylation is 1. The molecule has 0 aromatic heterocycles. The van der Waals surface area contributed by atoms with Crippen LogP contribution in [0.3, 0.4) is 0 Å². The average Bonchev–Trinajstić information content (AvgIpc) is 2.70. The monoisotopic (exact) mass is 409 g/mol. The average molecular weight is 409 g/mol. The highest BCUT2D eigenvalue weighted by atomic mass is 19.2. The fourth-order valence-corrected chi connectivity index (χ4v) is 4.20. The van der Waals surface area contributed by atoms with E-state index in [0.717, 1.165) is 25.2 Å². The quantitative estimate of drug-likeness (QED) is 0.351. The van der Waals surface area contributed by atoms with Crippen LogP contribution in [-0.2, 0) is 12.8 Å².